The number of hydrogen-bond acceptors (Lipinski definition) is 4. The van der Waals surface area contributed by atoms with Gasteiger partial charge in [0.05, 0.1) is 0 Å². The number of anilines is 1. The average Bonchev–Trinajstić information content (AvgIpc) is 3.04. The van der Waals surface area contributed by atoms with Crippen molar-refractivity contribution in [1.29, 1.82) is 0 Å². The second-order valence-corrected chi connectivity index (χ2v) is 6.66. The number of carbonyl (C=O) groups excluding carboxylic acids is 1. The Morgan fingerprint density at radius 1 is 1.17 bits per heavy atom. The maximum atomic E-state index is 12.8. The summed E-state index contributed by atoms with van der Waals surface area (Å²) in [6.45, 7) is 0. The summed E-state index contributed by atoms with van der Waals surface area (Å²) >= 11 is 1.45. The van der Waals surface area contributed by atoms with E-state index in [0.717, 1.165) is 23.4 Å². The van der Waals surface area contributed by atoms with Crippen LogP contribution in [0.25, 0.3) is 6.08 Å². The number of aromatic nitrogens is 2. The zero-order valence-electron chi connectivity index (χ0n) is 12.7. The number of nitrogens with one attached hydrogen (secondary N) is 1. The fourth-order valence-electron chi connectivity index (χ4n) is 2.69. The van der Waals surface area contributed by atoms with Crippen molar-refractivity contribution in [3.63, 3.8) is 0 Å². The lowest BCUT2D eigenvalue weighted by molar-refractivity contribution is -0.111. The first-order chi connectivity index (χ1) is 11.2. The molecule has 1 fully saturated rings. The smallest absolute Gasteiger partial charge is 0.250 e. The zero-order valence-corrected chi connectivity index (χ0v) is 13.5. The molecule has 120 valence electrons. The SMILES string of the molecule is O=C(/C=C/c1ccc(F)cc1)Nc1nnc(C2CCCCC2)s1. The van der Waals surface area contributed by atoms with E-state index in [0.29, 0.717) is 11.0 Å². The maximum absolute atomic E-state index is 12.8. The fraction of sp³-hybridized carbons (Fsp3) is 0.353. The highest BCUT2D eigenvalue weighted by molar-refractivity contribution is 7.15. The summed E-state index contributed by atoms with van der Waals surface area (Å²) in [5.74, 6) is -0.0713. The van der Waals surface area contributed by atoms with Crippen LogP contribution < -0.4 is 5.32 Å². The molecule has 1 aromatic carbocycles. The molecule has 1 saturated carbocycles. The molecule has 0 aliphatic heterocycles. The van der Waals surface area contributed by atoms with Crippen LogP contribution in [-0.4, -0.2) is 16.1 Å². The number of halogens is 1. The molecule has 0 spiro atoms. The van der Waals surface area contributed by atoms with E-state index < -0.39 is 0 Å². The number of rotatable bonds is 4. The molecule has 0 radical (unpaired) electrons. The second-order valence-electron chi connectivity index (χ2n) is 5.65. The highest BCUT2D eigenvalue weighted by atomic mass is 32.1. The number of benzene rings is 1. The maximum Gasteiger partial charge on any atom is 0.250 e. The third kappa shape index (κ3) is 4.45. The van der Waals surface area contributed by atoms with Crippen LogP contribution in [0.5, 0.6) is 0 Å². The second kappa shape index (κ2) is 7.46. The predicted molar refractivity (Wildman–Crippen MR) is 89.8 cm³/mol. The number of carbonyl (C=O) groups is 1. The van der Waals surface area contributed by atoms with E-state index in [1.54, 1.807) is 18.2 Å². The standard InChI is InChI=1S/C17H18FN3OS/c18-14-9-6-12(7-10-14)8-11-15(22)19-17-21-20-16(23-17)13-4-2-1-3-5-13/h6-11,13H,1-5H2,(H,19,21,22)/b11-8+. The molecule has 0 bridgehead atoms. The van der Waals surface area contributed by atoms with Crippen molar-refractivity contribution < 1.29 is 9.18 Å². The molecule has 0 saturated heterocycles. The summed E-state index contributed by atoms with van der Waals surface area (Å²) in [5, 5.41) is 12.5. The lowest BCUT2D eigenvalue weighted by Gasteiger charge is -2.18. The van der Waals surface area contributed by atoms with Crippen molar-refractivity contribution in [2.75, 3.05) is 5.32 Å². The first-order valence-corrected chi connectivity index (χ1v) is 8.60. The topological polar surface area (TPSA) is 54.9 Å². The van der Waals surface area contributed by atoms with Gasteiger partial charge in [0, 0.05) is 12.0 Å². The van der Waals surface area contributed by atoms with Gasteiger partial charge in [0.15, 0.2) is 0 Å². The predicted octanol–water partition coefficient (Wildman–Crippen LogP) is 4.38. The summed E-state index contributed by atoms with van der Waals surface area (Å²) in [4.78, 5) is 11.9. The van der Waals surface area contributed by atoms with E-state index in [1.807, 2.05) is 0 Å². The summed E-state index contributed by atoms with van der Waals surface area (Å²) < 4.78 is 12.8. The van der Waals surface area contributed by atoms with E-state index in [1.165, 1.54) is 48.8 Å². The quantitative estimate of drug-likeness (QED) is 0.846. The van der Waals surface area contributed by atoms with Gasteiger partial charge >= 0.3 is 0 Å². The third-order valence-electron chi connectivity index (χ3n) is 3.92. The molecule has 1 aliphatic rings. The Kier molecular flexibility index (Phi) is 5.12. The van der Waals surface area contributed by atoms with E-state index in [2.05, 4.69) is 15.5 Å². The monoisotopic (exact) mass is 331 g/mol. The Hall–Kier alpha value is -2.08. The number of nitrogens with zero attached hydrogens (tertiary/aromatic N) is 2. The summed E-state index contributed by atoms with van der Waals surface area (Å²) in [6, 6.07) is 5.95. The normalized spacial score (nSPS) is 15.9. The number of amides is 1. The highest BCUT2D eigenvalue weighted by Gasteiger charge is 2.19. The molecule has 1 heterocycles. The van der Waals surface area contributed by atoms with Crippen LogP contribution in [0.1, 0.15) is 48.6 Å². The largest absolute Gasteiger partial charge is 0.297 e. The van der Waals surface area contributed by atoms with Gasteiger partial charge in [-0.2, -0.15) is 0 Å². The Morgan fingerprint density at radius 3 is 2.65 bits per heavy atom. The Morgan fingerprint density at radius 2 is 1.91 bits per heavy atom. The van der Waals surface area contributed by atoms with Gasteiger partial charge in [-0.1, -0.05) is 42.7 Å². The summed E-state index contributed by atoms with van der Waals surface area (Å²) in [5.41, 5.74) is 0.765. The minimum atomic E-state index is -0.296. The highest BCUT2D eigenvalue weighted by Crippen LogP contribution is 2.35. The van der Waals surface area contributed by atoms with Gasteiger partial charge in [0.2, 0.25) is 11.0 Å². The van der Waals surface area contributed by atoms with E-state index in [-0.39, 0.29) is 11.7 Å². The van der Waals surface area contributed by atoms with Gasteiger partial charge in [-0.25, -0.2) is 4.39 Å². The van der Waals surface area contributed by atoms with Crippen molar-refractivity contribution in [1.82, 2.24) is 10.2 Å². The van der Waals surface area contributed by atoms with Crippen LogP contribution in [0.15, 0.2) is 30.3 Å². The van der Waals surface area contributed by atoms with Gasteiger partial charge in [0.1, 0.15) is 10.8 Å². The van der Waals surface area contributed by atoms with Crippen molar-refractivity contribution in [2.45, 2.75) is 38.0 Å². The first-order valence-electron chi connectivity index (χ1n) is 7.79. The zero-order chi connectivity index (χ0) is 16.1. The minimum Gasteiger partial charge on any atom is -0.297 e. The fourth-order valence-corrected chi connectivity index (χ4v) is 3.61. The van der Waals surface area contributed by atoms with E-state index in [9.17, 15) is 9.18 Å². The molecule has 1 aromatic heterocycles. The lowest BCUT2D eigenvalue weighted by Crippen LogP contribution is -2.07. The van der Waals surface area contributed by atoms with E-state index >= 15 is 0 Å². The molecule has 0 unspecified atom stereocenters. The van der Waals surface area contributed by atoms with Gasteiger partial charge in [0.25, 0.3) is 0 Å². The first kappa shape index (κ1) is 15.8. The minimum absolute atomic E-state index is 0.263. The van der Waals surface area contributed by atoms with Crippen LogP contribution in [0, 0.1) is 5.82 Å². The van der Waals surface area contributed by atoms with Crippen LogP contribution in [0.4, 0.5) is 9.52 Å². The van der Waals surface area contributed by atoms with Crippen LogP contribution in [-0.2, 0) is 4.79 Å². The molecule has 3 rings (SSSR count). The third-order valence-corrected chi connectivity index (χ3v) is 4.92. The average molecular weight is 331 g/mol. The van der Waals surface area contributed by atoms with E-state index in [4.69, 9.17) is 0 Å². The van der Waals surface area contributed by atoms with Crippen LogP contribution in [0.3, 0.4) is 0 Å². The van der Waals surface area contributed by atoms with Crippen LogP contribution >= 0.6 is 11.3 Å². The lowest BCUT2D eigenvalue weighted by atomic mass is 9.90. The molecule has 23 heavy (non-hydrogen) atoms. The van der Waals surface area contributed by atoms with Gasteiger partial charge in [-0.15, -0.1) is 10.2 Å². The summed E-state index contributed by atoms with van der Waals surface area (Å²) in [7, 11) is 0. The molecular formula is C17H18FN3OS. The summed E-state index contributed by atoms with van der Waals surface area (Å²) in [6.07, 6.45) is 9.15. The molecule has 6 heteroatoms. The molecule has 1 N–H and O–H groups in total. The molecule has 0 atom stereocenters. The van der Waals surface area contributed by atoms with Gasteiger partial charge < -0.3 is 0 Å². The van der Waals surface area contributed by atoms with Crippen molar-refractivity contribution >= 4 is 28.5 Å². The van der Waals surface area contributed by atoms with Gasteiger partial charge in [-0.3, -0.25) is 10.1 Å². The van der Waals surface area contributed by atoms with Crippen molar-refractivity contribution in [2.24, 2.45) is 0 Å². The van der Waals surface area contributed by atoms with Crippen molar-refractivity contribution in [3.8, 4) is 0 Å². The Labute approximate surface area is 138 Å². The Bertz CT molecular complexity index is 690. The molecule has 1 amide bonds. The molecule has 1 aliphatic carbocycles. The number of hydrogen-bond donors (Lipinski definition) is 1. The Balaban J connectivity index is 1.57. The van der Waals surface area contributed by atoms with Crippen LogP contribution in [0.2, 0.25) is 0 Å². The van der Waals surface area contributed by atoms with Crippen molar-refractivity contribution in [3.05, 3.63) is 46.7 Å². The molecule has 2 aromatic rings. The molecular weight excluding hydrogens is 313 g/mol. The molecule has 4 nitrogen and oxygen atoms in total. The van der Waals surface area contributed by atoms with Gasteiger partial charge in [-0.05, 0) is 36.6 Å².